The third-order valence-corrected chi connectivity index (χ3v) is 7.23. The minimum atomic E-state index is -3.53. The first-order chi connectivity index (χ1) is 15.3. The van der Waals surface area contributed by atoms with E-state index in [9.17, 15) is 13.2 Å². The van der Waals surface area contributed by atoms with Crippen molar-refractivity contribution in [2.75, 3.05) is 7.05 Å². The molecule has 0 fully saturated rings. The summed E-state index contributed by atoms with van der Waals surface area (Å²) in [4.78, 5) is 13.0. The molecule has 0 spiro atoms. The van der Waals surface area contributed by atoms with E-state index in [-0.39, 0.29) is 30.0 Å². The largest absolute Gasteiger partial charge is 0.489 e. The zero-order valence-electron chi connectivity index (χ0n) is 18.5. The Morgan fingerprint density at radius 3 is 2.22 bits per heavy atom. The average Bonchev–Trinajstić information content (AvgIpc) is 2.81. The summed E-state index contributed by atoms with van der Waals surface area (Å²) in [6, 6.07) is 23.2. The van der Waals surface area contributed by atoms with Crippen LogP contribution in [-0.4, -0.2) is 31.7 Å². The first-order valence-electron chi connectivity index (χ1n) is 10.4. The summed E-state index contributed by atoms with van der Waals surface area (Å²) in [5, 5.41) is 2.90. The van der Waals surface area contributed by atoms with Crippen LogP contribution in [-0.2, 0) is 23.2 Å². The monoisotopic (exact) mass is 452 g/mol. The van der Waals surface area contributed by atoms with E-state index in [1.807, 2.05) is 62.4 Å². The zero-order valence-corrected chi connectivity index (χ0v) is 19.3. The number of rotatable bonds is 9. The highest BCUT2D eigenvalue weighted by Crippen LogP contribution is 2.18. The highest BCUT2D eigenvalue weighted by atomic mass is 32.2. The van der Waals surface area contributed by atoms with Gasteiger partial charge in [-0.15, -0.1) is 0 Å². The summed E-state index contributed by atoms with van der Waals surface area (Å²) in [7, 11) is -1.97. The minimum Gasteiger partial charge on any atom is -0.489 e. The van der Waals surface area contributed by atoms with Crippen molar-refractivity contribution in [1.29, 1.82) is 0 Å². The van der Waals surface area contributed by atoms with E-state index < -0.39 is 10.0 Å². The number of hydrogen-bond acceptors (Lipinski definition) is 4. The molecule has 7 heteroatoms. The Balaban J connectivity index is 1.64. The summed E-state index contributed by atoms with van der Waals surface area (Å²) in [6.45, 7) is 4.21. The van der Waals surface area contributed by atoms with Crippen LogP contribution in [0.2, 0.25) is 0 Å². The second-order valence-electron chi connectivity index (χ2n) is 7.70. The lowest BCUT2D eigenvalue weighted by Crippen LogP contribution is -2.33. The van der Waals surface area contributed by atoms with Crippen LogP contribution in [0, 0.1) is 0 Å². The second kappa shape index (κ2) is 10.4. The highest BCUT2D eigenvalue weighted by Gasteiger charge is 2.22. The topological polar surface area (TPSA) is 75.7 Å². The Labute approximate surface area is 189 Å². The quantitative estimate of drug-likeness (QED) is 0.527. The summed E-state index contributed by atoms with van der Waals surface area (Å²) in [6.07, 6.45) is 0. The van der Waals surface area contributed by atoms with E-state index in [0.717, 1.165) is 16.9 Å². The van der Waals surface area contributed by atoms with E-state index in [0.29, 0.717) is 5.56 Å². The predicted molar refractivity (Wildman–Crippen MR) is 125 cm³/mol. The molecule has 0 heterocycles. The third-order valence-electron chi connectivity index (χ3n) is 5.18. The van der Waals surface area contributed by atoms with Gasteiger partial charge in [0.05, 0.1) is 4.90 Å². The van der Waals surface area contributed by atoms with E-state index in [2.05, 4.69) is 5.32 Å². The molecule has 32 heavy (non-hydrogen) atoms. The molecule has 0 atom stereocenters. The summed E-state index contributed by atoms with van der Waals surface area (Å²) >= 11 is 0. The molecular formula is C25H28N2O4S. The van der Waals surface area contributed by atoms with Gasteiger partial charge in [-0.2, -0.15) is 4.31 Å². The zero-order chi connectivity index (χ0) is 23.1. The van der Waals surface area contributed by atoms with Crippen molar-refractivity contribution >= 4 is 15.9 Å². The van der Waals surface area contributed by atoms with Gasteiger partial charge < -0.3 is 10.1 Å². The third kappa shape index (κ3) is 5.75. The maximum atomic E-state index is 12.8. The van der Waals surface area contributed by atoms with Crippen molar-refractivity contribution in [3.05, 3.63) is 95.6 Å². The van der Waals surface area contributed by atoms with E-state index in [4.69, 9.17) is 4.74 Å². The fourth-order valence-corrected chi connectivity index (χ4v) is 4.41. The van der Waals surface area contributed by atoms with Crippen LogP contribution < -0.4 is 10.1 Å². The van der Waals surface area contributed by atoms with Crippen LogP contribution in [0.4, 0.5) is 0 Å². The van der Waals surface area contributed by atoms with E-state index in [1.165, 1.54) is 4.31 Å². The molecule has 3 aromatic carbocycles. The number of ether oxygens (including phenoxy) is 1. The van der Waals surface area contributed by atoms with Crippen molar-refractivity contribution in [1.82, 2.24) is 9.62 Å². The second-order valence-corrected chi connectivity index (χ2v) is 9.70. The number of sulfonamides is 1. The number of carbonyl (C=O) groups is 1. The van der Waals surface area contributed by atoms with Crippen LogP contribution in [0.15, 0.2) is 83.8 Å². The lowest BCUT2D eigenvalue weighted by atomic mass is 10.1. The van der Waals surface area contributed by atoms with E-state index >= 15 is 0 Å². The Hall–Kier alpha value is -3.16. The van der Waals surface area contributed by atoms with Crippen LogP contribution in [0.5, 0.6) is 5.75 Å². The van der Waals surface area contributed by atoms with Crippen molar-refractivity contribution in [3.63, 3.8) is 0 Å². The molecule has 1 N–H and O–H groups in total. The first-order valence-corrected chi connectivity index (χ1v) is 11.8. The molecule has 6 nitrogen and oxygen atoms in total. The molecule has 0 aliphatic heterocycles. The van der Waals surface area contributed by atoms with Gasteiger partial charge in [0.1, 0.15) is 12.4 Å². The molecule has 168 valence electrons. The molecule has 0 saturated carbocycles. The smallest absolute Gasteiger partial charge is 0.251 e. The Kier molecular flexibility index (Phi) is 7.66. The summed E-state index contributed by atoms with van der Waals surface area (Å²) in [5.74, 6) is 0.523. The molecular weight excluding hydrogens is 424 g/mol. The summed E-state index contributed by atoms with van der Waals surface area (Å²) < 4.78 is 32.3. The van der Waals surface area contributed by atoms with Gasteiger partial charge in [0.2, 0.25) is 10.0 Å². The normalized spacial score (nSPS) is 11.5. The standard InChI is InChI=1S/C25H28N2O4S/c1-19(2)27(3)32(29,30)23-15-13-20(14-16-23)17-26-25(28)24-12-8-7-9-21(24)18-31-22-10-5-4-6-11-22/h4-16,19H,17-18H2,1-3H3,(H,26,28). The molecule has 0 aromatic heterocycles. The number of amides is 1. The fourth-order valence-electron chi connectivity index (χ4n) is 3.05. The summed E-state index contributed by atoms with van der Waals surface area (Å²) in [5.41, 5.74) is 2.13. The van der Waals surface area contributed by atoms with E-state index in [1.54, 1.807) is 37.4 Å². The van der Waals surface area contributed by atoms with Crippen LogP contribution in [0.1, 0.15) is 35.3 Å². The fraction of sp³-hybridized carbons (Fsp3) is 0.240. The average molecular weight is 453 g/mol. The molecule has 0 bridgehead atoms. The minimum absolute atomic E-state index is 0.134. The molecule has 0 saturated heterocycles. The van der Waals surface area contributed by atoms with Gasteiger partial charge in [-0.3, -0.25) is 4.79 Å². The lowest BCUT2D eigenvalue weighted by molar-refractivity contribution is 0.0948. The molecule has 1 amide bonds. The number of nitrogens with one attached hydrogen (secondary N) is 1. The Morgan fingerprint density at radius 2 is 1.56 bits per heavy atom. The highest BCUT2D eigenvalue weighted by molar-refractivity contribution is 7.89. The number of benzene rings is 3. The van der Waals surface area contributed by atoms with Crippen LogP contribution >= 0.6 is 0 Å². The van der Waals surface area contributed by atoms with Crippen molar-refractivity contribution in [2.24, 2.45) is 0 Å². The van der Waals surface area contributed by atoms with Gasteiger partial charge in [0.15, 0.2) is 0 Å². The van der Waals surface area contributed by atoms with Gasteiger partial charge in [-0.05, 0) is 49.7 Å². The molecule has 0 radical (unpaired) electrons. The number of carbonyl (C=O) groups excluding carboxylic acids is 1. The number of nitrogens with zero attached hydrogens (tertiary/aromatic N) is 1. The molecule has 3 rings (SSSR count). The van der Waals surface area contributed by atoms with Crippen molar-refractivity contribution in [2.45, 2.75) is 37.9 Å². The molecule has 0 aliphatic carbocycles. The van der Waals surface area contributed by atoms with Gasteiger partial charge in [-0.1, -0.05) is 48.5 Å². The van der Waals surface area contributed by atoms with Crippen molar-refractivity contribution in [3.8, 4) is 5.75 Å². The molecule has 0 unspecified atom stereocenters. The lowest BCUT2D eigenvalue weighted by Gasteiger charge is -2.21. The van der Waals surface area contributed by atoms with Gasteiger partial charge >= 0.3 is 0 Å². The van der Waals surface area contributed by atoms with Gasteiger partial charge in [0, 0.05) is 30.8 Å². The van der Waals surface area contributed by atoms with Gasteiger partial charge in [0.25, 0.3) is 5.91 Å². The number of hydrogen-bond donors (Lipinski definition) is 1. The maximum Gasteiger partial charge on any atom is 0.251 e. The number of para-hydroxylation sites is 1. The molecule has 3 aromatic rings. The predicted octanol–water partition coefficient (Wildman–Crippen LogP) is 4.22. The van der Waals surface area contributed by atoms with Crippen LogP contribution in [0.25, 0.3) is 0 Å². The SMILES string of the molecule is CC(C)N(C)S(=O)(=O)c1ccc(CNC(=O)c2ccccc2COc2ccccc2)cc1. The molecule has 0 aliphatic rings. The maximum absolute atomic E-state index is 12.8. The van der Waals surface area contributed by atoms with Crippen LogP contribution in [0.3, 0.4) is 0 Å². The van der Waals surface area contributed by atoms with Crippen molar-refractivity contribution < 1.29 is 17.9 Å². The Morgan fingerprint density at radius 1 is 0.938 bits per heavy atom. The first kappa shape index (κ1) is 23.5. The van der Waals surface area contributed by atoms with Gasteiger partial charge in [-0.25, -0.2) is 8.42 Å². The Bertz CT molecular complexity index is 1140.